The van der Waals surface area contributed by atoms with Gasteiger partial charge in [-0.25, -0.2) is 4.79 Å². The maximum atomic E-state index is 13.3. The largest absolute Gasteiger partial charge is 0.466 e. The summed E-state index contributed by atoms with van der Waals surface area (Å²) in [6.07, 6.45) is 5.91. The molecule has 0 spiro atoms. The van der Waals surface area contributed by atoms with Crippen LogP contribution in [0.25, 0.3) is 0 Å². The molecule has 0 saturated heterocycles. The second-order valence-electron chi connectivity index (χ2n) is 7.20. The molecule has 1 aliphatic heterocycles. The summed E-state index contributed by atoms with van der Waals surface area (Å²) in [5.41, 5.74) is 4.08. The highest BCUT2D eigenvalue weighted by molar-refractivity contribution is 5.96. The first-order chi connectivity index (χ1) is 13.6. The van der Waals surface area contributed by atoms with Crippen molar-refractivity contribution in [2.24, 2.45) is 5.92 Å². The van der Waals surface area contributed by atoms with Gasteiger partial charge in [0.1, 0.15) is 5.78 Å². The Hall–Kier alpha value is -3.21. The van der Waals surface area contributed by atoms with Crippen molar-refractivity contribution in [3.63, 3.8) is 0 Å². The van der Waals surface area contributed by atoms with Gasteiger partial charge in [0.15, 0.2) is 0 Å². The number of aromatic nitrogens is 1. The molecule has 5 nitrogen and oxygen atoms in total. The number of fused-ring (bicyclic) bond motifs is 1. The third kappa shape index (κ3) is 3.13. The first-order valence-electron chi connectivity index (χ1n) is 9.35. The van der Waals surface area contributed by atoms with Gasteiger partial charge >= 0.3 is 5.97 Å². The Labute approximate surface area is 164 Å². The number of nitrogens with zero attached hydrogens (tertiary/aromatic N) is 1. The van der Waals surface area contributed by atoms with E-state index in [9.17, 15) is 9.59 Å². The van der Waals surface area contributed by atoms with E-state index in [4.69, 9.17) is 4.74 Å². The summed E-state index contributed by atoms with van der Waals surface area (Å²) < 4.78 is 5.03. The van der Waals surface area contributed by atoms with Gasteiger partial charge in [-0.15, -0.1) is 0 Å². The Morgan fingerprint density at radius 1 is 1.07 bits per heavy atom. The first-order valence-corrected chi connectivity index (χ1v) is 9.35. The highest BCUT2D eigenvalue weighted by atomic mass is 16.5. The molecule has 0 amide bonds. The van der Waals surface area contributed by atoms with Crippen molar-refractivity contribution >= 4 is 11.8 Å². The fourth-order valence-electron chi connectivity index (χ4n) is 4.30. The van der Waals surface area contributed by atoms with E-state index in [1.165, 1.54) is 7.11 Å². The van der Waals surface area contributed by atoms with Crippen LogP contribution in [-0.2, 0) is 14.3 Å². The average Bonchev–Trinajstić information content (AvgIpc) is 2.73. The molecular formula is C23H22N2O3. The van der Waals surface area contributed by atoms with Gasteiger partial charge in [0, 0.05) is 42.0 Å². The number of allylic oxidation sites excluding steroid dienone is 3. The van der Waals surface area contributed by atoms with Gasteiger partial charge in [-0.1, -0.05) is 36.4 Å². The molecule has 3 atom stereocenters. The average molecular weight is 374 g/mol. The van der Waals surface area contributed by atoms with Crippen molar-refractivity contribution in [3.05, 3.63) is 89.0 Å². The summed E-state index contributed by atoms with van der Waals surface area (Å²) >= 11 is 0. The minimum Gasteiger partial charge on any atom is -0.466 e. The smallest absolute Gasteiger partial charge is 0.336 e. The highest BCUT2D eigenvalue weighted by Crippen LogP contribution is 2.45. The van der Waals surface area contributed by atoms with Crippen LogP contribution in [0.3, 0.4) is 0 Å². The standard InChI is InChI=1S/C23H22N2O3/c1-14-20(23(27)28-2)21(16-8-10-24-11-9-16)22-18(25-14)12-17(13-19(22)26)15-6-4-3-5-7-15/h3-12,17,21-22,25H,13H2,1-2H3. The number of Topliss-reactive ketones (excluding diaryl/α,β-unsaturated/α-hetero) is 1. The molecule has 2 aromatic rings. The Bertz CT molecular complexity index is 964. The van der Waals surface area contributed by atoms with Crippen molar-refractivity contribution in [1.82, 2.24) is 10.3 Å². The summed E-state index contributed by atoms with van der Waals surface area (Å²) in [7, 11) is 1.37. The summed E-state index contributed by atoms with van der Waals surface area (Å²) in [4.78, 5) is 29.9. The van der Waals surface area contributed by atoms with Crippen molar-refractivity contribution in [2.45, 2.75) is 25.2 Å². The summed E-state index contributed by atoms with van der Waals surface area (Å²) in [5.74, 6) is -1.08. The lowest BCUT2D eigenvalue weighted by Crippen LogP contribution is -2.41. The van der Waals surface area contributed by atoms with Crippen LogP contribution < -0.4 is 5.32 Å². The molecule has 3 unspecified atom stereocenters. The predicted molar refractivity (Wildman–Crippen MR) is 105 cm³/mol. The minimum absolute atomic E-state index is 0.0259. The zero-order chi connectivity index (χ0) is 19.7. The van der Waals surface area contributed by atoms with Crippen LogP contribution >= 0.6 is 0 Å². The number of nitrogens with one attached hydrogen (secondary N) is 1. The fraction of sp³-hybridized carbons (Fsp3) is 0.261. The van der Waals surface area contributed by atoms with Gasteiger partial charge < -0.3 is 10.1 Å². The zero-order valence-electron chi connectivity index (χ0n) is 15.9. The predicted octanol–water partition coefficient (Wildman–Crippen LogP) is 3.47. The van der Waals surface area contributed by atoms with E-state index in [-0.39, 0.29) is 17.6 Å². The van der Waals surface area contributed by atoms with E-state index in [0.717, 1.165) is 22.5 Å². The van der Waals surface area contributed by atoms with Crippen molar-refractivity contribution < 1.29 is 14.3 Å². The normalized spacial score (nSPS) is 24.1. The SMILES string of the molecule is COC(=O)C1=C(C)NC2=CC(c3ccccc3)CC(=O)C2C1c1ccncc1. The van der Waals surface area contributed by atoms with E-state index in [2.05, 4.69) is 16.4 Å². The molecule has 0 fully saturated rings. The summed E-state index contributed by atoms with van der Waals surface area (Å²) in [5, 5.41) is 3.32. The number of carbonyl (C=O) groups excluding carboxylic acids is 2. The first kappa shape index (κ1) is 18.2. The number of methoxy groups -OCH3 is 1. The maximum Gasteiger partial charge on any atom is 0.336 e. The van der Waals surface area contributed by atoms with Gasteiger partial charge in [-0.3, -0.25) is 9.78 Å². The molecule has 2 heterocycles. The zero-order valence-corrected chi connectivity index (χ0v) is 15.9. The fourth-order valence-corrected chi connectivity index (χ4v) is 4.30. The minimum atomic E-state index is -0.430. The van der Waals surface area contributed by atoms with Crippen LogP contribution in [0.2, 0.25) is 0 Å². The molecular weight excluding hydrogens is 352 g/mol. The van der Waals surface area contributed by atoms with Crippen LogP contribution in [0.4, 0.5) is 0 Å². The molecule has 1 aromatic heterocycles. The number of hydrogen-bond acceptors (Lipinski definition) is 5. The second kappa shape index (κ2) is 7.43. The lowest BCUT2D eigenvalue weighted by Gasteiger charge is -2.39. The number of ketones is 1. The van der Waals surface area contributed by atoms with Gasteiger partial charge in [-0.05, 0) is 30.2 Å². The van der Waals surface area contributed by atoms with Crippen molar-refractivity contribution in [3.8, 4) is 0 Å². The molecule has 5 heteroatoms. The molecule has 0 bridgehead atoms. The van der Waals surface area contributed by atoms with Crippen LogP contribution in [0.1, 0.15) is 36.3 Å². The third-order valence-corrected chi connectivity index (χ3v) is 5.56. The van der Waals surface area contributed by atoms with E-state index >= 15 is 0 Å². The topological polar surface area (TPSA) is 68.3 Å². The number of ether oxygens (including phenoxy) is 1. The van der Waals surface area contributed by atoms with Crippen LogP contribution in [-0.4, -0.2) is 23.8 Å². The molecule has 0 saturated carbocycles. The second-order valence-corrected chi connectivity index (χ2v) is 7.20. The van der Waals surface area contributed by atoms with Gasteiger partial charge in [0.2, 0.25) is 0 Å². The van der Waals surface area contributed by atoms with Crippen LogP contribution in [0, 0.1) is 5.92 Å². The molecule has 1 aromatic carbocycles. The summed E-state index contributed by atoms with van der Waals surface area (Å²) in [6, 6.07) is 13.7. The molecule has 142 valence electrons. The van der Waals surface area contributed by atoms with Crippen LogP contribution in [0.5, 0.6) is 0 Å². The lowest BCUT2D eigenvalue weighted by atomic mass is 9.69. The number of benzene rings is 1. The van der Waals surface area contributed by atoms with E-state index in [1.54, 1.807) is 12.4 Å². The number of rotatable bonds is 3. The quantitative estimate of drug-likeness (QED) is 0.833. The Kier molecular flexibility index (Phi) is 4.82. The Morgan fingerprint density at radius 3 is 2.46 bits per heavy atom. The third-order valence-electron chi connectivity index (χ3n) is 5.56. The molecule has 1 aliphatic carbocycles. The Morgan fingerprint density at radius 2 is 1.79 bits per heavy atom. The summed E-state index contributed by atoms with van der Waals surface area (Å²) in [6.45, 7) is 1.86. The number of carbonyl (C=O) groups is 2. The number of esters is 1. The monoisotopic (exact) mass is 374 g/mol. The van der Waals surface area contributed by atoms with E-state index in [1.807, 2.05) is 49.4 Å². The number of pyridine rings is 1. The van der Waals surface area contributed by atoms with Gasteiger partial charge in [0.25, 0.3) is 0 Å². The van der Waals surface area contributed by atoms with Crippen molar-refractivity contribution in [1.29, 1.82) is 0 Å². The molecule has 28 heavy (non-hydrogen) atoms. The molecule has 0 radical (unpaired) electrons. The van der Waals surface area contributed by atoms with E-state index in [0.29, 0.717) is 12.0 Å². The molecule has 2 aliphatic rings. The maximum absolute atomic E-state index is 13.3. The van der Waals surface area contributed by atoms with Gasteiger partial charge in [0.05, 0.1) is 18.6 Å². The van der Waals surface area contributed by atoms with Crippen LogP contribution in [0.15, 0.2) is 77.9 Å². The number of hydrogen-bond donors (Lipinski definition) is 1. The van der Waals surface area contributed by atoms with Gasteiger partial charge in [-0.2, -0.15) is 0 Å². The lowest BCUT2D eigenvalue weighted by molar-refractivity contribution is -0.136. The highest BCUT2D eigenvalue weighted by Gasteiger charge is 2.44. The Balaban J connectivity index is 1.83. The molecule has 1 N–H and O–H groups in total. The molecule has 4 rings (SSSR count). The van der Waals surface area contributed by atoms with E-state index < -0.39 is 11.9 Å². The van der Waals surface area contributed by atoms with Crippen molar-refractivity contribution in [2.75, 3.05) is 7.11 Å².